The van der Waals surface area contributed by atoms with Crippen molar-refractivity contribution >= 4 is 38.6 Å². The van der Waals surface area contributed by atoms with Crippen molar-refractivity contribution in [1.29, 1.82) is 0 Å². The number of benzene rings is 2. The van der Waals surface area contributed by atoms with Crippen molar-refractivity contribution in [3.63, 3.8) is 0 Å². The highest BCUT2D eigenvalue weighted by molar-refractivity contribution is 7.92. The number of anilines is 1. The maximum absolute atomic E-state index is 12.4. The van der Waals surface area contributed by atoms with E-state index in [0.717, 1.165) is 16.3 Å². The number of halogens is 1. The SMILES string of the molecule is Cc1nc(-c2cccc(NS(=O)(=O)c3ccc(Cl)cc3)c2)cs1. The van der Waals surface area contributed by atoms with E-state index in [1.54, 1.807) is 41.7 Å². The van der Waals surface area contributed by atoms with Crippen molar-refractivity contribution in [2.24, 2.45) is 0 Å². The monoisotopic (exact) mass is 364 g/mol. The van der Waals surface area contributed by atoms with E-state index in [-0.39, 0.29) is 4.90 Å². The maximum Gasteiger partial charge on any atom is 0.261 e. The summed E-state index contributed by atoms with van der Waals surface area (Å²) in [5, 5.41) is 3.40. The van der Waals surface area contributed by atoms with Crippen molar-refractivity contribution in [2.45, 2.75) is 11.8 Å². The van der Waals surface area contributed by atoms with Gasteiger partial charge in [0.25, 0.3) is 10.0 Å². The molecule has 0 fully saturated rings. The number of hydrogen-bond donors (Lipinski definition) is 1. The fraction of sp³-hybridized carbons (Fsp3) is 0.0625. The van der Waals surface area contributed by atoms with Gasteiger partial charge in [0.2, 0.25) is 0 Å². The van der Waals surface area contributed by atoms with Gasteiger partial charge in [0.15, 0.2) is 0 Å². The molecule has 23 heavy (non-hydrogen) atoms. The molecule has 1 N–H and O–H groups in total. The largest absolute Gasteiger partial charge is 0.280 e. The number of hydrogen-bond acceptors (Lipinski definition) is 4. The third kappa shape index (κ3) is 3.72. The second-order valence-corrected chi connectivity index (χ2v) is 8.07. The van der Waals surface area contributed by atoms with E-state index in [9.17, 15) is 8.42 Å². The molecule has 118 valence electrons. The molecule has 0 aliphatic rings. The molecule has 1 aromatic heterocycles. The molecular formula is C16H13ClN2O2S2. The molecule has 0 radical (unpaired) electrons. The van der Waals surface area contributed by atoms with Crippen LogP contribution in [0.15, 0.2) is 58.8 Å². The summed E-state index contributed by atoms with van der Waals surface area (Å²) in [6.45, 7) is 1.93. The first kappa shape index (κ1) is 16.0. The highest BCUT2D eigenvalue weighted by atomic mass is 35.5. The molecule has 1 heterocycles. The maximum atomic E-state index is 12.4. The van der Waals surface area contributed by atoms with Crippen LogP contribution in [-0.4, -0.2) is 13.4 Å². The van der Waals surface area contributed by atoms with Gasteiger partial charge < -0.3 is 0 Å². The molecule has 7 heteroatoms. The van der Waals surface area contributed by atoms with Gasteiger partial charge in [0, 0.05) is 21.7 Å². The van der Waals surface area contributed by atoms with Crippen LogP contribution in [0.1, 0.15) is 5.01 Å². The Morgan fingerprint density at radius 2 is 1.87 bits per heavy atom. The summed E-state index contributed by atoms with van der Waals surface area (Å²) in [5.41, 5.74) is 2.19. The summed E-state index contributed by atoms with van der Waals surface area (Å²) in [5.74, 6) is 0. The zero-order valence-electron chi connectivity index (χ0n) is 12.2. The Morgan fingerprint density at radius 1 is 1.13 bits per heavy atom. The average molecular weight is 365 g/mol. The van der Waals surface area contributed by atoms with Crippen LogP contribution in [0.25, 0.3) is 11.3 Å². The number of nitrogens with zero attached hydrogens (tertiary/aromatic N) is 1. The molecular weight excluding hydrogens is 352 g/mol. The summed E-state index contributed by atoms with van der Waals surface area (Å²) in [7, 11) is -3.65. The molecule has 0 spiro atoms. The minimum absolute atomic E-state index is 0.164. The summed E-state index contributed by atoms with van der Waals surface area (Å²) < 4.78 is 27.4. The van der Waals surface area contributed by atoms with Gasteiger partial charge in [-0.25, -0.2) is 13.4 Å². The highest BCUT2D eigenvalue weighted by Gasteiger charge is 2.14. The number of nitrogens with one attached hydrogen (secondary N) is 1. The molecule has 0 amide bonds. The average Bonchev–Trinajstić information content (AvgIpc) is 2.94. The standard InChI is InChI=1S/C16H13ClN2O2S2/c1-11-18-16(10-22-11)12-3-2-4-14(9-12)19-23(20,21)15-7-5-13(17)6-8-15/h2-10,19H,1H3. The van der Waals surface area contributed by atoms with Crippen LogP contribution < -0.4 is 4.72 Å². The van der Waals surface area contributed by atoms with E-state index in [0.29, 0.717) is 10.7 Å². The molecule has 3 rings (SSSR count). The van der Waals surface area contributed by atoms with Gasteiger partial charge >= 0.3 is 0 Å². The molecule has 0 saturated carbocycles. The third-order valence-electron chi connectivity index (χ3n) is 3.15. The summed E-state index contributed by atoms with van der Waals surface area (Å²) in [6, 6.07) is 13.2. The van der Waals surface area contributed by atoms with Crippen LogP contribution in [0.2, 0.25) is 5.02 Å². The minimum Gasteiger partial charge on any atom is -0.280 e. The van der Waals surface area contributed by atoms with Crippen molar-refractivity contribution in [3.05, 3.63) is 63.9 Å². The van der Waals surface area contributed by atoms with Crippen LogP contribution in [0.4, 0.5) is 5.69 Å². The van der Waals surface area contributed by atoms with E-state index < -0.39 is 10.0 Å². The molecule has 0 unspecified atom stereocenters. The Hall–Kier alpha value is -1.89. The number of aryl methyl sites for hydroxylation is 1. The van der Waals surface area contributed by atoms with Crippen LogP contribution in [0.3, 0.4) is 0 Å². The van der Waals surface area contributed by atoms with Gasteiger partial charge in [-0.3, -0.25) is 4.72 Å². The van der Waals surface area contributed by atoms with Crippen molar-refractivity contribution < 1.29 is 8.42 Å². The van der Waals surface area contributed by atoms with E-state index in [1.807, 2.05) is 18.4 Å². The molecule has 0 saturated heterocycles. The zero-order chi connectivity index (χ0) is 16.4. The molecule has 0 aliphatic carbocycles. The third-order valence-corrected chi connectivity index (χ3v) is 5.58. The van der Waals surface area contributed by atoms with Gasteiger partial charge in [-0.15, -0.1) is 11.3 Å². The van der Waals surface area contributed by atoms with E-state index >= 15 is 0 Å². The summed E-state index contributed by atoms with van der Waals surface area (Å²) >= 11 is 7.35. The lowest BCUT2D eigenvalue weighted by Crippen LogP contribution is -2.12. The van der Waals surface area contributed by atoms with E-state index in [2.05, 4.69) is 9.71 Å². The summed E-state index contributed by atoms with van der Waals surface area (Å²) in [6.07, 6.45) is 0. The fourth-order valence-corrected chi connectivity index (χ4v) is 3.86. The lowest BCUT2D eigenvalue weighted by molar-refractivity contribution is 0.601. The molecule has 0 bridgehead atoms. The first-order valence-corrected chi connectivity index (χ1v) is 9.49. The number of thiazole rings is 1. The Kier molecular flexibility index (Phi) is 4.39. The molecule has 0 atom stereocenters. The van der Waals surface area contributed by atoms with Crippen molar-refractivity contribution in [1.82, 2.24) is 4.98 Å². The van der Waals surface area contributed by atoms with E-state index in [1.165, 1.54) is 12.1 Å². The van der Waals surface area contributed by atoms with Gasteiger partial charge in [-0.2, -0.15) is 0 Å². The normalized spacial score (nSPS) is 11.4. The Labute approximate surface area is 143 Å². The van der Waals surface area contributed by atoms with Gasteiger partial charge in [0.05, 0.1) is 15.6 Å². The molecule has 3 aromatic rings. The number of rotatable bonds is 4. The van der Waals surface area contributed by atoms with Gasteiger partial charge in [-0.05, 0) is 43.3 Å². The van der Waals surface area contributed by atoms with Crippen LogP contribution in [-0.2, 0) is 10.0 Å². The van der Waals surface area contributed by atoms with Crippen molar-refractivity contribution in [2.75, 3.05) is 4.72 Å². The Morgan fingerprint density at radius 3 is 2.52 bits per heavy atom. The Bertz CT molecular complexity index is 935. The molecule has 2 aromatic carbocycles. The second kappa shape index (κ2) is 6.31. The predicted molar refractivity (Wildman–Crippen MR) is 94.5 cm³/mol. The smallest absolute Gasteiger partial charge is 0.261 e. The Balaban J connectivity index is 1.89. The molecule has 0 aliphatic heterocycles. The topological polar surface area (TPSA) is 59.1 Å². The highest BCUT2D eigenvalue weighted by Crippen LogP contribution is 2.25. The lowest BCUT2D eigenvalue weighted by Gasteiger charge is -2.09. The van der Waals surface area contributed by atoms with E-state index in [4.69, 9.17) is 11.6 Å². The molecule has 4 nitrogen and oxygen atoms in total. The van der Waals surface area contributed by atoms with Crippen molar-refractivity contribution in [3.8, 4) is 11.3 Å². The zero-order valence-corrected chi connectivity index (χ0v) is 14.5. The minimum atomic E-state index is -3.65. The fourth-order valence-electron chi connectivity index (χ4n) is 2.07. The second-order valence-electron chi connectivity index (χ2n) is 4.89. The quantitative estimate of drug-likeness (QED) is 0.737. The van der Waals surface area contributed by atoms with Crippen LogP contribution >= 0.6 is 22.9 Å². The van der Waals surface area contributed by atoms with Crippen LogP contribution in [0.5, 0.6) is 0 Å². The number of aromatic nitrogens is 1. The first-order chi connectivity index (χ1) is 10.9. The van der Waals surface area contributed by atoms with Crippen LogP contribution in [0, 0.1) is 6.92 Å². The van der Waals surface area contributed by atoms with Gasteiger partial charge in [-0.1, -0.05) is 23.7 Å². The van der Waals surface area contributed by atoms with Gasteiger partial charge in [0.1, 0.15) is 0 Å². The number of sulfonamides is 1. The predicted octanol–water partition coefficient (Wildman–Crippen LogP) is 4.57. The summed E-state index contributed by atoms with van der Waals surface area (Å²) in [4.78, 5) is 4.58. The first-order valence-electron chi connectivity index (χ1n) is 6.75. The lowest BCUT2D eigenvalue weighted by atomic mass is 10.1.